The summed E-state index contributed by atoms with van der Waals surface area (Å²) in [5, 5.41) is 4.24. The largest absolute Gasteiger partial charge is 0.335 e. The number of hydrogen-bond acceptors (Lipinski definition) is 7. The quantitative estimate of drug-likeness (QED) is 0.765. The van der Waals surface area contributed by atoms with Gasteiger partial charge in [0.15, 0.2) is 0 Å². The molecule has 0 aliphatic heterocycles. The lowest BCUT2D eigenvalue weighted by Gasteiger charge is -2.07. The van der Waals surface area contributed by atoms with Gasteiger partial charge < -0.3 is 4.52 Å². The molecule has 7 nitrogen and oxygen atoms in total. The molecule has 3 heterocycles. The van der Waals surface area contributed by atoms with E-state index in [-0.39, 0.29) is 11.3 Å². The number of nitrogens with one attached hydrogen (secondary N) is 1. The van der Waals surface area contributed by atoms with Crippen LogP contribution in [0.15, 0.2) is 16.7 Å². The number of carbonyl (C=O) groups is 1. The zero-order valence-electron chi connectivity index (χ0n) is 13.5. The van der Waals surface area contributed by atoms with Gasteiger partial charge in [-0.15, -0.1) is 11.3 Å². The SMILES string of the molecule is Cc1cc(-c2cc(C(=O)NS(C)(=O)=O)c3c(C)noc3n2)c(C)s1. The van der Waals surface area contributed by atoms with Crippen LogP contribution in [0.25, 0.3) is 22.4 Å². The van der Waals surface area contributed by atoms with Crippen molar-refractivity contribution in [2.45, 2.75) is 20.8 Å². The summed E-state index contributed by atoms with van der Waals surface area (Å²) in [6.07, 6.45) is 0.928. The third-order valence-corrected chi connectivity index (χ3v) is 4.98. The number of hydrogen-bond donors (Lipinski definition) is 1. The Kier molecular flexibility index (Phi) is 3.92. The number of nitrogens with zero attached hydrogens (tertiary/aromatic N) is 2. The van der Waals surface area contributed by atoms with Crippen LogP contribution in [0, 0.1) is 20.8 Å². The molecule has 1 amide bonds. The number of pyridine rings is 1. The Hall–Kier alpha value is -2.26. The summed E-state index contributed by atoms with van der Waals surface area (Å²) in [5.41, 5.74) is 2.26. The van der Waals surface area contributed by atoms with E-state index in [1.165, 1.54) is 0 Å². The van der Waals surface area contributed by atoms with Crippen molar-refractivity contribution in [2.75, 3.05) is 6.26 Å². The van der Waals surface area contributed by atoms with Crippen LogP contribution in [0.2, 0.25) is 0 Å². The Balaban J connectivity index is 2.24. The zero-order chi connectivity index (χ0) is 17.6. The molecule has 0 radical (unpaired) electrons. The summed E-state index contributed by atoms with van der Waals surface area (Å²) in [6, 6.07) is 3.54. The molecule has 0 saturated heterocycles. The number of carbonyl (C=O) groups excluding carboxylic acids is 1. The van der Waals surface area contributed by atoms with Gasteiger partial charge in [-0.3, -0.25) is 4.79 Å². The standard InChI is InChI=1S/C15H15N3O4S2/c1-7-5-10(9(3)23-7)12-6-11(14(19)18-24(4,20)21)13-8(2)17-22-15(13)16-12/h5-6H,1-4H3,(H,18,19). The Morgan fingerprint density at radius 2 is 1.96 bits per heavy atom. The van der Waals surface area contributed by atoms with Crippen molar-refractivity contribution in [3.63, 3.8) is 0 Å². The minimum absolute atomic E-state index is 0.169. The van der Waals surface area contributed by atoms with E-state index in [1.807, 2.05) is 24.6 Å². The lowest BCUT2D eigenvalue weighted by molar-refractivity contribution is 0.0983. The Morgan fingerprint density at radius 1 is 1.25 bits per heavy atom. The molecular formula is C15H15N3O4S2. The molecule has 0 bridgehead atoms. The monoisotopic (exact) mass is 365 g/mol. The van der Waals surface area contributed by atoms with Crippen molar-refractivity contribution in [3.8, 4) is 11.3 Å². The molecule has 3 aromatic rings. The van der Waals surface area contributed by atoms with Gasteiger partial charge >= 0.3 is 0 Å². The summed E-state index contributed by atoms with van der Waals surface area (Å²) in [6.45, 7) is 5.61. The molecule has 0 saturated carbocycles. The highest BCUT2D eigenvalue weighted by atomic mass is 32.2. The number of sulfonamides is 1. The topological polar surface area (TPSA) is 102 Å². The third-order valence-electron chi connectivity index (χ3n) is 3.46. The highest BCUT2D eigenvalue weighted by Gasteiger charge is 2.22. The summed E-state index contributed by atoms with van der Waals surface area (Å²) in [5.74, 6) is -0.734. The van der Waals surface area contributed by atoms with Crippen LogP contribution in [0.1, 0.15) is 25.8 Å². The van der Waals surface area contributed by atoms with Gasteiger partial charge in [0.25, 0.3) is 11.6 Å². The molecular weight excluding hydrogens is 350 g/mol. The van der Waals surface area contributed by atoms with Crippen LogP contribution < -0.4 is 4.72 Å². The first kappa shape index (κ1) is 16.6. The van der Waals surface area contributed by atoms with Crippen molar-refractivity contribution in [1.82, 2.24) is 14.9 Å². The Morgan fingerprint density at radius 3 is 2.54 bits per heavy atom. The first-order chi connectivity index (χ1) is 11.2. The molecule has 0 spiro atoms. The van der Waals surface area contributed by atoms with E-state index < -0.39 is 15.9 Å². The molecule has 0 aromatic carbocycles. The average Bonchev–Trinajstić information content (AvgIpc) is 2.99. The van der Waals surface area contributed by atoms with E-state index in [2.05, 4.69) is 10.1 Å². The molecule has 0 fully saturated rings. The van der Waals surface area contributed by atoms with Crippen molar-refractivity contribution < 1.29 is 17.7 Å². The van der Waals surface area contributed by atoms with Gasteiger partial charge in [0.05, 0.1) is 28.6 Å². The second-order valence-electron chi connectivity index (χ2n) is 5.53. The summed E-state index contributed by atoms with van der Waals surface area (Å²) in [7, 11) is -3.69. The normalized spacial score (nSPS) is 11.8. The summed E-state index contributed by atoms with van der Waals surface area (Å²) in [4.78, 5) is 19.0. The second-order valence-corrected chi connectivity index (χ2v) is 8.74. The average molecular weight is 365 g/mol. The van der Waals surface area contributed by atoms with Crippen molar-refractivity contribution in [3.05, 3.63) is 33.1 Å². The van der Waals surface area contributed by atoms with Crippen molar-refractivity contribution >= 4 is 38.4 Å². The van der Waals surface area contributed by atoms with Gasteiger partial charge in [0.2, 0.25) is 10.0 Å². The van der Waals surface area contributed by atoms with E-state index in [9.17, 15) is 13.2 Å². The number of fused-ring (bicyclic) bond motifs is 1. The maximum atomic E-state index is 12.4. The highest BCUT2D eigenvalue weighted by molar-refractivity contribution is 7.89. The van der Waals surface area contributed by atoms with E-state index in [0.717, 1.165) is 21.6 Å². The van der Waals surface area contributed by atoms with E-state index in [4.69, 9.17) is 4.52 Å². The maximum absolute atomic E-state index is 12.4. The van der Waals surface area contributed by atoms with Crippen LogP contribution in [-0.4, -0.2) is 30.7 Å². The van der Waals surface area contributed by atoms with Gasteiger partial charge in [-0.05, 0) is 32.9 Å². The molecule has 126 valence electrons. The lowest BCUT2D eigenvalue weighted by Crippen LogP contribution is -2.29. The highest BCUT2D eigenvalue weighted by Crippen LogP contribution is 2.32. The first-order valence-corrected chi connectivity index (χ1v) is 9.73. The Labute approximate surface area is 142 Å². The molecule has 24 heavy (non-hydrogen) atoms. The molecule has 0 aliphatic carbocycles. The van der Waals surface area contributed by atoms with Crippen LogP contribution in [-0.2, 0) is 10.0 Å². The third kappa shape index (κ3) is 3.04. The summed E-state index contributed by atoms with van der Waals surface area (Å²) >= 11 is 1.62. The molecule has 0 aliphatic rings. The second kappa shape index (κ2) is 5.67. The van der Waals surface area contributed by atoms with Crippen LogP contribution in [0.3, 0.4) is 0 Å². The van der Waals surface area contributed by atoms with Crippen molar-refractivity contribution in [2.24, 2.45) is 0 Å². The number of rotatable bonds is 3. The minimum atomic E-state index is -3.69. The molecule has 9 heteroatoms. The predicted molar refractivity (Wildman–Crippen MR) is 91.6 cm³/mol. The fourth-order valence-electron chi connectivity index (χ4n) is 2.52. The summed E-state index contributed by atoms with van der Waals surface area (Å²) < 4.78 is 30.0. The number of thiophene rings is 1. The van der Waals surface area contributed by atoms with Crippen LogP contribution >= 0.6 is 11.3 Å². The maximum Gasteiger partial charge on any atom is 0.265 e. The smallest absolute Gasteiger partial charge is 0.265 e. The number of amides is 1. The number of aromatic nitrogens is 2. The molecule has 0 unspecified atom stereocenters. The fourth-order valence-corrected chi connectivity index (χ4v) is 3.90. The van der Waals surface area contributed by atoms with Gasteiger partial charge in [0.1, 0.15) is 0 Å². The van der Waals surface area contributed by atoms with Crippen LogP contribution in [0.5, 0.6) is 0 Å². The molecule has 3 aromatic heterocycles. The molecule has 3 rings (SSSR count). The predicted octanol–water partition coefficient (Wildman–Crippen LogP) is 2.57. The lowest BCUT2D eigenvalue weighted by atomic mass is 10.1. The van der Waals surface area contributed by atoms with E-state index in [1.54, 1.807) is 24.3 Å². The van der Waals surface area contributed by atoms with Crippen LogP contribution in [0.4, 0.5) is 0 Å². The van der Waals surface area contributed by atoms with Crippen molar-refractivity contribution in [1.29, 1.82) is 0 Å². The van der Waals surface area contributed by atoms with Gasteiger partial charge in [0, 0.05) is 15.3 Å². The van der Waals surface area contributed by atoms with E-state index >= 15 is 0 Å². The minimum Gasteiger partial charge on any atom is -0.335 e. The van der Waals surface area contributed by atoms with Gasteiger partial charge in [-0.25, -0.2) is 18.1 Å². The van der Waals surface area contributed by atoms with Gasteiger partial charge in [-0.1, -0.05) is 5.16 Å². The zero-order valence-corrected chi connectivity index (χ0v) is 15.1. The number of aryl methyl sites for hydroxylation is 3. The fraction of sp³-hybridized carbons (Fsp3) is 0.267. The van der Waals surface area contributed by atoms with E-state index in [0.29, 0.717) is 16.8 Å². The van der Waals surface area contributed by atoms with Gasteiger partial charge in [-0.2, -0.15) is 0 Å². The first-order valence-electron chi connectivity index (χ1n) is 7.02. The molecule has 0 atom stereocenters. The Bertz CT molecular complexity index is 1060. The molecule has 1 N–H and O–H groups in total.